The first-order valence-electron chi connectivity index (χ1n) is 8.15. The molecule has 2 saturated heterocycles. The summed E-state index contributed by atoms with van der Waals surface area (Å²) in [5.41, 5.74) is 4.30. The summed E-state index contributed by atoms with van der Waals surface area (Å²) in [6.45, 7) is 3.56. The van der Waals surface area contributed by atoms with Crippen LogP contribution in [0.4, 0.5) is 11.4 Å². The summed E-state index contributed by atoms with van der Waals surface area (Å²) >= 11 is 0. The van der Waals surface area contributed by atoms with Crippen molar-refractivity contribution in [3.05, 3.63) is 23.8 Å². The molecule has 3 aliphatic heterocycles. The van der Waals surface area contributed by atoms with Gasteiger partial charge < -0.3 is 10.2 Å². The van der Waals surface area contributed by atoms with Crippen molar-refractivity contribution < 1.29 is 0 Å². The van der Waals surface area contributed by atoms with E-state index in [0.717, 1.165) is 18.6 Å². The summed E-state index contributed by atoms with van der Waals surface area (Å²) in [5, 5.41) is 3.51. The highest BCUT2D eigenvalue weighted by Gasteiger charge is 2.34. The van der Waals surface area contributed by atoms with E-state index in [9.17, 15) is 0 Å². The van der Waals surface area contributed by atoms with Crippen LogP contribution < -0.4 is 10.2 Å². The molecule has 0 amide bonds. The van der Waals surface area contributed by atoms with Gasteiger partial charge in [-0.25, -0.2) is 0 Å². The van der Waals surface area contributed by atoms with E-state index in [-0.39, 0.29) is 0 Å². The molecule has 2 atom stereocenters. The van der Waals surface area contributed by atoms with Gasteiger partial charge in [0.1, 0.15) is 0 Å². The van der Waals surface area contributed by atoms with Crippen molar-refractivity contribution in [3.63, 3.8) is 0 Å². The molecule has 3 heterocycles. The molecule has 2 bridgehead atoms. The lowest BCUT2D eigenvalue weighted by molar-refractivity contribution is 0.254. The van der Waals surface area contributed by atoms with E-state index in [1.807, 2.05) is 0 Å². The molecular formula is C17H25N3. The Bertz CT molecular complexity index is 499. The van der Waals surface area contributed by atoms with Gasteiger partial charge in [-0.1, -0.05) is 0 Å². The fourth-order valence-electron chi connectivity index (χ4n) is 4.20. The standard InChI is InChI=1S/C17H25N3/c1-19-14-4-5-16(19)12-20(10-8-14)15-6-7-17-13(11-15)3-2-9-18-17/h6-7,11,14,16,18H,2-5,8-10,12H2,1H3. The van der Waals surface area contributed by atoms with Gasteiger partial charge in [0.25, 0.3) is 0 Å². The Morgan fingerprint density at radius 2 is 2.05 bits per heavy atom. The summed E-state index contributed by atoms with van der Waals surface area (Å²) < 4.78 is 0. The highest BCUT2D eigenvalue weighted by Crippen LogP contribution is 2.32. The largest absolute Gasteiger partial charge is 0.385 e. The van der Waals surface area contributed by atoms with Crippen LogP contribution in [0.1, 0.15) is 31.2 Å². The van der Waals surface area contributed by atoms with Crippen molar-refractivity contribution in [2.45, 2.75) is 44.2 Å². The molecule has 1 N–H and O–H groups in total. The Labute approximate surface area is 121 Å². The van der Waals surface area contributed by atoms with Crippen molar-refractivity contribution in [1.29, 1.82) is 0 Å². The fraction of sp³-hybridized carbons (Fsp3) is 0.647. The van der Waals surface area contributed by atoms with Crippen molar-refractivity contribution in [2.75, 3.05) is 36.9 Å². The van der Waals surface area contributed by atoms with E-state index >= 15 is 0 Å². The van der Waals surface area contributed by atoms with Crippen molar-refractivity contribution in [3.8, 4) is 0 Å². The fourth-order valence-corrected chi connectivity index (χ4v) is 4.20. The van der Waals surface area contributed by atoms with Gasteiger partial charge in [-0.05, 0) is 62.9 Å². The Kier molecular flexibility index (Phi) is 3.10. The Morgan fingerprint density at radius 1 is 1.15 bits per heavy atom. The molecule has 20 heavy (non-hydrogen) atoms. The van der Waals surface area contributed by atoms with Gasteiger partial charge in [-0.2, -0.15) is 0 Å². The molecule has 3 heteroatoms. The highest BCUT2D eigenvalue weighted by atomic mass is 15.3. The van der Waals surface area contributed by atoms with Crippen LogP contribution in [0, 0.1) is 0 Å². The normalized spacial score (nSPS) is 29.8. The minimum Gasteiger partial charge on any atom is -0.385 e. The summed E-state index contributed by atoms with van der Waals surface area (Å²) in [5.74, 6) is 0. The van der Waals surface area contributed by atoms with E-state index in [0.29, 0.717) is 0 Å². The smallest absolute Gasteiger partial charge is 0.0374 e. The first-order valence-corrected chi connectivity index (χ1v) is 8.15. The number of aryl methyl sites for hydroxylation is 1. The predicted molar refractivity (Wildman–Crippen MR) is 84.7 cm³/mol. The molecule has 108 valence electrons. The van der Waals surface area contributed by atoms with Crippen molar-refractivity contribution in [1.82, 2.24) is 4.90 Å². The second kappa shape index (κ2) is 4.96. The van der Waals surface area contributed by atoms with Crippen LogP contribution in [-0.4, -0.2) is 43.7 Å². The van der Waals surface area contributed by atoms with Crippen LogP contribution in [0.3, 0.4) is 0 Å². The van der Waals surface area contributed by atoms with E-state index in [4.69, 9.17) is 0 Å². The number of hydrogen-bond acceptors (Lipinski definition) is 3. The van der Waals surface area contributed by atoms with Gasteiger partial charge in [0, 0.05) is 43.1 Å². The van der Waals surface area contributed by atoms with E-state index in [2.05, 4.69) is 40.4 Å². The lowest BCUT2D eigenvalue weighted by Gasteiger charge is -2.29. The van der Waals surface area contributed by atoms with E-state index in [1.54, 1.807) is 0 Å². The van der Waals surface area contributed by atoms with Crippen LogP contribution in [0.15, 0.2) is 18.2 Å². The second-order valence-corrected chi connectivity index (χ2v) is 6.66. The molecule has 3 nitrogen and oxygen atoms in total. The van der Waals surface area contributed by atoms with Gasteiger partial charge in [0.15, 0.2) is 0 Å². The van der Waals surface area contributed by atoms with Gasteiger partial charge in [-0.15, -0.1) is 0 Å². The molecule has 0 saturated carbocycles. The van der Waals surface area contributed by atoms with Gasteiger partial charge in [0.05, 0.1) is 0 Å². The Balaban J connectivity index is 1.58. The maximum Gasteiger partial charge on any atom is 0.0374 e. The van der Waals surface area contributed by atoms with Crippen molar-refractivity contribution >= 4 is 11.4 Å². The lowest BCUT2D eigenvalue weighted by Crippen LogP contribution is -2.36. The maximum atomic E-state index is 3.51. The molecule has 0 radical (unpaired) electrons. The van der Waals surface area contributed by atoms with Crippen LogP contribution in [0.2, 0.25) is 0 Å². The summed E-state index contributed by atoms with van der Waals surface area (Å²) in [7, 11) is 2.32. The maximum absolute atomic E-state index is 3.51. The van der Waals surface area contributed by atoms with Crippen LogP contribution in [0.25, 0.3) is 0 Å². The third-order valence-electron chi connectivity index (χ3n) is 5.54. The molecule has 0 aliphatic carbocycles. The number of benzene rings is 1. The minimum atomic E-state index is 0.761. The third kappa shape index (κ3) is 2.08. The number of nitrogens with one attached hydrogen (secondary N) is 1. The van der Waals surface area contributed by atoms with Crippen LogP contribution >= 0.6 is 0 Å². The zero-order valence-corrected chi connectivity index (χ0v) is 12.4. The first kappa shape index (κ1) is 12.5. The van der Waals surface area contributed by atoms with E-state index < -0.39 is 0 Å². The SMILES string of the molecule is CN1C2CCC1CN(c1ccc3c(c1)CCCN3)CC2. The van der Waals surface area contributed by atoms with E-state index in [1.165, 1.54) is 62.1 Å². The quantitative estimate of drug-likeness (QED) is 0.847. The highest BCUT2D eigenvalue weighted by molar-refractivity contribution is 5.62. The Hall–Kier alpha value is -1.22. The topological polar surface area (TPSA) is 18.5 Å². The number of hydrogen-bond donors (Lipinski definition) is 1. The van der Waals surface area contributed by atoms with Gasteiger partial charge in [-0.3, -0.25) is 4.90 Å². The minimum absolute atomic E-state index is 0.761. The number of rotatable bonds is 1. The lowest BCUT2D eigenvalue weighted by atomic mass is 10.0. The summed E-state index contributed by atoms with van der Waals surface area (Å²) in [4.78, 5) is 5.25. The molecule has 4 rings (SSSR count). The van der Waals surface area contributed by atoms with Gasteiger partial charge >= 0.3 is 0 Å². The Morgan fingerprint density at radius 3 is 3.00 bits per heavy atom. The zero-order chi connectivity index (χ0) is 13.5. The average Bonchev–Trinajstić information content (AvgIpc) is 2.72. The molecule has 2 unspecified atom stereocenters. The second-order valence-electron chi connectivity index (χ2n) is 6.66. The molecule has 1 aromatic carbocycles. The number of nitrogens with zero attached hydrogens (tertiary/aromatic N) is 2. The molecular weight excluding hydrogens is 246 g/mol. The molecule has 0 aromatic heterocycles. The van der Waals surface area contributed by atoms with Crippen LogP contribution in [0.5, 0.6) is 0 Å². The molecule has 1 aromatic rings. The summed E-state index contributed by atoms with van der Waals surface area (Å²) in [6.07, 6.45) is 6.61. The molecule has 2 fully saturated rings. The third-order valence-corrected chi connectivity index (χ3v) is 5.54. The number of anilines is 2. The number of fused-ring (bicyclic) bond motifs is 3. The zero-order valence-electron chi connectivity index (χ0n) is 12.4. The first-order chi connectivity index (χ1) is 9.81. The van der Waals surface area contributed by atoms with Gasteiger partial charge in [0.2, 0.25) is 0 Å². The van der Waals surface area contributed by atoms with Crippen LogP contribution in [-0.2, 0) is 6.42 Å². The number of likely N-dealkylation sites (N-methyl/N-ethyl adjacent to an activating group) is 1. The molecule has 0 spiro atoms. The average molecular weight is 271 g/mol. The van der Waals surface area contributed by atoms with Crippen molar-refractivity contribution in [2.24, 2.45) is 0 Å². The predicted octanol–water partition coefficient (Wildman–Crippen LogP) is 2.72. The monoisotopic (exact) mass is 271 g/mol. The summed E-state index contributed by atoms with van der Waals surface area (Å²) in [6, 6.07) is 8.62. The molecule has 3 aliphatic rings.